The molecule has 0 bridgehead atoms. The fourth-order valence-electron chi connectivity index (χ4n) is 1.65. The van der Waals surface area contributed by atoms with E-state index in [-0.39, 0.29) is 12.1 Å². The van der Waals surface area contributed by atoms with Gasteiger partial charge in [0.2, 0.25) is 0 Å². The lowest BCUT2D eigenvalue weighted by Crippen LogP contribution is -2.47. The second-order valence-electron chi connectivity index (χ2n) is 3.42. The zero-order valence-electron chi connectivity index (χ0n) is 8.66. The first-order chi connectivity index (χ1) is 6.77. The SMILES string of the molecule is CNC(=O)N1CCCC(OCCN)C1. The number of carbonyl (C=O) groups is 1. The molecule has 82 valence electrons. The van der Waals surface area contributed by atoms with E-state index in [0.717, 1.165) is 19.4 Å². The average Bonchev–Trinajstić information content (AvgIpc) is 2.25. The van der Waals surface area contributed by atoms with Crippen LogP contribution in [0.4, 0.5) is 4.79 Å². The van der Waals surface area contributed by atoms with Gasteiger partial charge in [-0.3, -0.25) is 0 Å². The van der Waals surface area contributed by atoms with E-state index in [2.05, 4.69) is 5.32 Å². The molecular formula is C9H19N3O2. The Labute approximate surface area is 84.6 Å². The minimum atomic E-state index is -0.0222. The second-order valence-corrected chi connectivity index (χ2v) is 3.42. The molecule has 1 atom stereocenters. The van der Waals surface area contributed by atoms with Crippen molar-refractivity contribution in [3.05, 3.63) is 0 Å². The molecule has 0 saturated carbocycles. The fourth-order valence-corrected chi connectivity index (χ4v) is 1.65. The quantitative estimate of drug-likeness (QED) is 0.662. The highest BCUT2D eigenvalue weighted by Crippen LogP contribution is 2.12. The predicted octanol–water partition coefficient (Wildman–Crippen LogP) is -0.234. The minimum absolute atomic E-state index is 0.0222. The predicted molar refractivity (Wildman–Crippen MR) is 54.1 cm³/mol. The molecule has 1 rings (SSSR count). The van der Waals surface area contributed by atoms with Crippen molar-refractivity contribution in [3.63, 3.8) is 0 Å². The highest BCUT2D eigenvalue weighted by molar-refractivity contribution is 5.73. The van der Waals surface area contributed by atoms with Crippen LogP contribution in [0.2, 0.25) is 0 Å². The van der Waals surface area contributed by atoms with Gasteiger partial charge in [0, 0.05) is 26.7 Å². The van der Waals surface area contributed by atoms with E-state index in [9.17, 15) is 4.79 Å². The van der Waals surface area contributed by atoms with Gasteiger partial charge in [-0.05, 0) is 12.8 Å². The van der Waals surface area contributed by atoms with Crippen molar-refractivity contribution < 1.29 is 9.53 Å². The van der Waals surface area contributed by atoms with E-state index in [1.165, 1.54) is 0 Å². The summed E-state index contributed by atoms with van der Waals surface area (Å²) < 4.78 is 5.51. The van der Waals surface area contributed by atoms with Gasteiger partial charge < -0.3 is 20.7 Å². The Balaban J connectivity index is 2.31. The number of piperidine rings is 1. The zero-order valence-corrected chi connectivity index (χ0v) is 8.66. The number of hydrogen-bond acceptors (Lipinski definition) is 3. The van der Waals surface area contributed by atoms with Crippen LogP contribution in [0.5, 0.6) is 0 Å². The summed E-state index contributed by atoms with van der Waals surface area (Å²) in [5.74, 6) is 0. The number of rotatable bonds is 3. The van der Waals surface area contributed by atoms with Crippen LogP contribution in [-0.4, -0.2) is 50.3 Å². The van der Waals surface area contributed by atoms with Crippen LogP contribution in [0.25, 0.3) is 0 Å². The molecule has 3 N–H and O–H groups in total. The molecular weight excluding hydrogens is 182 g/mol. The van der Waals surface area contributed by atoms with E-state index in [4.69, 9.17) is 10.5 Å². The standard InChI is InChI=1S/C9H19N3O2/c1-11-9(13)12-5-2-3-8(7-12)14-6-4-10/h8H,2-7,10H2,1H3,(H,11,13). The van der Waals surface area contributed by atoms with Crippen molar-refractivity contribution in [1.82, 2.24) is 10.2 Å². The van der Waals surface area contributed by atoms with Crippen LogP contribution >= 0.6 is 0 Å². The molecule has 0 aromatic rings. The van der Waals surface area contributed by atoms with Gasteiger partial charge in [0.05, 0.1) is 12.7 Å². The monoisotopic (exact) mass is 201 g/mol. The van der Waals surface area contributed by atoms with Gasteiger partial charge in [-0.25, -0.2) is 4.79 Å². The maximum Gasteiger partial charge on any atom is 0.317 e. The highest BCUT2D eigenvalue weighted by atomic mass is 16.5. The first-order valence-electron chi connectivity index (χ1n) is 5.06. The Morgan fingerprint density at radius 2 is 2.50 bits per heavy atom. The number of carbonyl (C=O) groups excluding carboxylic acids is 1. The van der Waals surface area contributed by atoms with Crippen molar-refractivity contribution in [2.75, 3.05) is 33.3 Å². The van der Waals surface area contributed by atoms with Crippen molar-refractivity contribution in [2.24, 2.45) is 5.73 Å². The Bertz CT molecular complexity index is 187. The molecule has 0 aromatic heterocycles. The van der Waals surface area contributed by atoms with E-state index in [1.807, 2.05) is 0 Å². The minimum Gasteiger partial charge on any atom is -0.375 e. The number of nitrogens with two attached hydrogens (primary N) is 1. The molecule has 1 saturated heterocycles. The average molecular weight is 201 g/mol. The van der Waals surface area contributed by atoms with Gasteiger partial charge in [-0.15, -0.1) is 0 Å². The van der Waals surface area contributed by atoms with Crippen LogP contribution in [0.1, 0.15) is 12.8 Å². The lowest BCUT2D eigenvalue weighted by molar-refractivity contribution is 0.0139. The molecule has 2 amide bonds. The Morgan fingerprint density at radius 3 is 3.14 bits per heavy atom. The molecule has 0 aliphatic carbocycles. The number of likely N-dealkylation sites (tertiary alicyclic amines) is 1. The molecule has 1 aliphatic rings. The molecule has 0 spiro atoms. The van der Waals surface area contributed by atoms with Gasteiger partial charge >= 0.3 is 6.03 Å². The number of hydrogen-bond donors (Lipinski definition) is 2. The van der Waals surface area contributed by atoms with Gasteiger partial charge in [0.25, 0.3) is 0 Å². The summed E-state index contributed by atoms with van der Waals surface area (Å²) >= 11 is 0. The van der Waals surface area contributed by atoms with Crippen LogP contribution in [0, 0.1) is 0 Å². The number of ether oxygens (including phenoxy) is 1. The topological polar surface area (TPSA) is 67.6 Å². The van der Waals surface area contributed by atoms with Gasteiger partial charge in [-0.1, -0.05) is 0 Å². The fraction of sp³-hybridized carbons (Fsp3) is 0.889. The Morgan fingerprint density at radius 1 is 1.71 bits per heavy atom. The van der Waals surface area contributed by atoms with Crippen molar-refractivity contribution >= 4 is 6.03 Å². The molecule has 1 aliphatic heterocycles. The summed E-state index contributed by atoms with van der Waals surface area (Å²) in [6, 6.07) is -0.0222. The summed E-state index contributed by atoms with van der Waals surface area (Å²) in [6.07, 6.45) is 2.18. The normalized spacial score (nSPS) is 22.1. The van der Waals surface area contributed by atoms with Gasteiger partial charge in [-0.2, -0.15) is 0 Å². The second kappa shape index (κ2) is 5.82. The Hall–Kier alpha value is -0.810. The molecule has 5 nitrogen and oxygen atoms in total. The van der Waals surface area contributed by atoms with E-state index < -0.39 is 0 Å². The lowest BCUT2D eigenvalue weighted by Gasteiger charge is -2.32. The van der Waals surface area contributed by atoms with Gasteiger partial charge in [0.1, 0.15) is 0 Å². The number of amides is 2. The van der Waals surface area contributed by atoms with Crippen LogP contribution in [0.3, 0.4) is 0 Å². The molecule has 0 aromatic carbocycles. The number of nitrogens with one attached hydrogen (secondary N) is 1. The highest BCUT2D eigenvalue weighted by Gasteiger charge is 2.22. The van der Waals surface area contributed by atoms with Crippen LogP contribution in [0.15, 0.2) is 0 Å². The van der Waals surface area contributed by atoms with E-state index >= 15 is 0 Å². The molecule has 5 heteroatoms. The molecule has 1 unspecified atom stereocenters. The lowest BCUT2D eigenvalue weighted by atomic mass is 10.1. The number of nitrogens with zero attached hydrogens (tertiary/aromatic N) is 1. The maximum atomic E-state index is 11.3. The van der Waals surface area contributed by atoms with Crippen molar-refractivity contribution in [1.29, 1.82) is 0 Å². The van der Waals surface area contributed by atoms with Crippen LogP contribution in [-0.2, 0) is 4.74 Å². The van der Waals surface area contributed by atoms with Gasteiger partial charge in [0.15, 0.2) is 0 Å². The first-order valence-corrected chi connectivity index (χ1v) is 5.06. The van der Waals surface area contributed by atoms with E-state index in [1.54, 1.807) is 11.9 Å². The summed E-state index contributed by atoms with van der Waals surface area (Å²) in [5.41, 5.74) is 5.35. The third-order valence-electron chi connectivity index (χ3n) is 2.35. The van der Waals surface area contributed by atoms with Crippen molar-refractivity contribution in [3.8, 4) is 0 Å². The van der Waals surface area contributed by atoms with Crippen molar-refractivity contribution in [2.45, 2.75) is 18.9 Å². The molecule has 0 radical (unpaired) electrons. The number of urea groups is 1. The largest absolute Gasteiger partial charge is 0.375 e. The van der Waals surface area contributed by atoms with Crippen LogP contribution < -0.4 is 11.1 Å². The van der Waals surface area contributed by atoms with E-state index in [0.29, 0.717) is 19.7 Å². The molecule has 14 heavy (non-hydrogen) atoms. The smallest absolute Gasteiger partial charge is 0.317 e. The summed E-state index contributed by atoms with van der Waals surface area (Å²) in [5, 5.41) is 2.62. The third kappa shape index (κ3) is 3.16. The maximum absolute atomic E-state index is 11.3. The third-order valence-corrected chi connectivity index (χ3v) is 2.35. The summed E-state index contributed by atoms with van der Waals surface area (Å²) in [4.78, 5) is 13.1. The summed E-state index contributed by atoms with van der Waals surface area (Å²) in [7, 11) is 1.65. The Kier molecular flexibility index (Phi) is 4.69. The summed E-state index contributed by atoms with van der Waals surface area (Å²) in [6.45, 7) is 2.62. The first kappa shape index (κ1) is 11.3. The molecule has 1 fully saturated rings. The zero-order chi connectivity index (χ0) is 10.4. The molecule has 1 heterocycles.